The lowest BCUT2D eigenvalue weighted by atomic mass is 10.2. The van der Waals surface area contributed by atoms with Crippen molar-refractivity contribution in [3.05, 3.63) is 29.6 Å². The van der Waals surface area contributed by atoms with Gasteiger partial charge in [0.1, 0.15) is 0 Å². The van der Waals surface area contributed by atoms with E-state index < -0.39 is 0 Å². The van der Waals surface area contributed by atoms with E-state index in [9.17, 15) is 4.39 Å². The molecule has 0 unspecified atom stereocenters. The zero-order valence-corrected chi connectivity index (χ0v) is 11.0. The van der Waals surface area contributed by atoms with Crippen molar-refractivity contribution in [3.63, 3.8) is 0 Å². The van der Waals surface area contributed by atoms with Gasteiger partial charge in [-0.25, -0.2) is 4.39 Å². The van der Waals surface area contributed by atoms with E-state index in [-0.39, 0.29) is 5.82 Å². The smallest absolute Gasteiger partial charge is 0.165 e. The number of benzene rings is 1. The van der Waals surface area contributed by atoms with Crippen molar-refractivity contribution in [1.82, 2.24) is 0 Å². The Morgan fingerprint density at radius 2 is 2.22 bits per heavy atom. The van der Waals surface area contributed by atoms with Crippen LogP contribution in [0, 0.1) is 23.6 Å². The highest BCUT2D eigenvalue weighted by atomic mass is 35.5. The highest BCUT2D eigenvalue weighted by molar-refractivity contribution is 6.18. The standard InChI is InChI=1S/C15H16ClFO/c16-9-2-1-3-13-6-7-14(17)15(11-13)18-10-8-12-4-5-12/h6-7,11-12H,2,4-5,8-10H2. The first-order valence-electron chi connectivity index (χ1n) is 6.27. The van der Waals surface area contributed by atoms with Gasteiger partial charge in [0.2, 0.25) is 0 Å². The molecule has 1 aliphatic carbocycles. The van der Waals surface area contributed by atoms with Gasteiger partial charge in [0.25, 0.3) is 0 Å². The van der Waals surface area contributed by atoms with E-state index in [2.05, 4.69) is 11.8 Å². The van der Waals surface area contributed by atoms with E-state index in [0.29, 0.717) is 24.7 Å². The molecule has 1 fully saturated rings. The molecule has 3 heteroatoms. The van der Waals surface area contributed by atoms with E-state index in [1.165, 1.54) is 18.9 Å². The fourth-order valence-corrected chi connectivity index (χ4v) is 1.74. The molecule has 0 atom stereocenters. The van der Waals surface area contributed by atoms with Crippen LogP contribution in [0.15, 0.2) is 18.2 Å². The lowest BCUT2D eigenvalue weighted by Gasteiger charge is -2.07. The van der Waals surface area contributed by atoms with Gasteiger partial charge >= 0.3 is 0 Å². The Morgan fingerprint density at radius 1 is 1.39 bits per heavy atom. The van der Waals surface area contributed by atoms with E-state index in [0.717, 1.165) is 17.9 Å². The van der Waals surface area contributed by atoms with Crippen molar-refractivity contribution >= 4 is 11.6 Å². The highest BCUT2D eigenvalue weighted by Gasteiger charge is 2.20. The lowest BCUT2D eigenvalue weighted by Crippen LogP contribution is -2.00. The molecule has 0 heterocycles. The summed E-state index contributed by atoms with van der Waals surface area (Å²) in [6.07, 6.45) is 4.23. The molecule has 0 saturated heterocycles. The maximum atomic E-state index is 13.5. The van der Waals surface area contributed by atoms with Gasteiger partial charge in [-0.15, -0.1) is 11.6 Å². The second-order valence-electron chi connectivity index (χ2n) is 4.47. The van der Waals surface area contributed by atoms with Crippen LogP contribution in [0.2, 0.25) is 0 Å². The molecular formula is C15H16ClFO. The molecule has 0 spiro atoms. The first kappa shape index (κ1) is 13.2. The molecule has 1 aromatic rings. The van der Waals surface area contributed by atoms with Gasteiger partial charge in [0.05, 0.1) is 6.61 Å². The summed E-state index contributed by atoms with van der Waals surface area (Å²) in [4.78, 5) is 0. The Labute approximate surface area is 112 Å². The zero-order chi connectivity index (χ0) is 12.8. The summed E-state index contributed by atoms with van der Waals surface area (Å²) in [5.74, 6) is 7.14. The van der Waals surface area contributed by atoms with Crippen molar-refractivity contribution in [2.75, 3.05) is 12.5 Å². The first-order chi connectivity index (χ1) is 8.79. The molecule has 1 aliphatic rings. The molecule has 1 nitrogen and oxygen atoms in total. The minimum absolute atomic E-state index is 0.299. The van der Waals surface area contributed by atoms with Crippen LogP contribution in [-0.2, 0) is 0 Å². The second kappa shape index (κ2) is 6.66. The van der Waals surface area contributed by atoms with Crippen LogP contribution in [0.1, 0.15) is 31.2 Å². The largest absolute Gasteiger partial charge is 0.490 e. The number of ether oxygens (including phenoxy) is 1. The van der Waals surface area contributed by atoms with Gasteiger partial charge in [-0.1, -0.05) is 24.7 Å². The van der Waals surface area contributed by atoms with Crippen LogP contribution >= 0.6 is 11.6 Å². The number of hydrogen-bond acceptors (Lipinski definition) is 1. The molecule has 0 aromatic heterocycles. The van der Waals surface area contributed by atoms with Crippen molar-refractivity contribution in [2.45, 2.75) is 25.7 Å². The highest BCUT2D eigenvalue weighted by Crippen LogP contribution is 2.32. The van der Waals surface area contributed by atoms with Gasteiger partial charge in [0.15, 0.2) is 11.6 Å². The second-order valence-corrected chi connectivity index (χ2v) is 4.84. The van der Waals surface area contributed by atoms with E-state index in [4.69, 9.17) is 16.3 Å². The monoisotopic (exact) mass is 266 g/mol. The third-order valence-electron chi connectivity index (χ3n) is 2.86. The third kappa shape index (κ3) is 4.23. The van der Waals surface area contributed by atoms with E-state index >= 15 is 0 Å². The molecule has 1 saturated carbocycles. The molecule has 0 N–H and O–H groups in total. The molecule has 0 aliphatic heterocycles. The van der Waals surface area contributed by atoms with Gasteiger partial charge in [-0.05, 0) is 30.5 Å². The number of halogens is 2. The average Bonchev–Trinajstić information content (AvgIpc) is 3.17. The SMILES string of the molecule is Fc1ccc(C#CCCCl)cc1OCCC1CC1. The van der Waals surface area contributed by atoms with Crippen LogP contribution in [0.4, 0.5) is 4.39 Å². The molecule has 0 radical (unpaired) electrons. The van der Waals surface area contributed by atoms with Gasteiger partial charge in [-0.2, -0.15) is 0 Å². The molecule has 1 aromatic carbocycles. The van der Waals surface area contributed by atoms with Gasteiger partial charge in [0, 0.05) is 17.9 Å². The minimum atomic E-state index is -0.325. The summed E-state index contributed by atoms with van der Waals surface area (Å²) in [7, 11) is 0. The number of hydrogen-bond donors (Lipinski definition) is 0. The van der Waals surface area contributed by atoms with E-state index in [1.54, 1.807) is 12.1 Å². The number of rotatable bonds is 5. The summed E-state index contributed by atoms with van der Waals surface area (Å²) in [5.41, 5.74) is 0.767. The normalized spacial score (nSPS) is 13.9. The van der Waals surface area contributed by atoms with Crippen LogP contribution in [0.5, 0.6) is 5.75 Å². The van der Waals surface area contributed by atoms with Crippen LogP contribution in [0.25, 0.3) is 0 Å². The lowest BCUT2D eigenvalue weighted by molar-refractivity contribution is 0.288. The molecule has 96 valence electrons. The molecule has 2 rings (SSSR count). The average molecular weight is 267 g/mol. The third-order valence-corrected chi connectivity index (χ3v) is 3.05. The summed E-state index contributed by atoms with van der Waals surface area (Å²) in [6.45, 7) is 0.583. The summed E-state index contributed by atoms with van der Waals surface area (Å²) < 4.78 is 19.0. The fourth-order valence-electron chi connectivity index (χ4n) is 1.65. The van der Waals surface area contributed by atoms with Crippen molar-refractivity contribution in [2.24, 2.45) is 5.92 Å². The zero-order valence-electron chi connectivity index (χ0n) is 10.2. The maximum absolute atomic E-state index is 13.5. The van der Waals surface area contributed by atoms with E-state index in [1.807, 2.05) is 0 Å². The number of alkyl halides is 1. The quantitative estimate of drug-likeness (QED) is 0.578. The van der Waals surface area contributed by atoms with Gasteiger partial charge < -0.3 is 4.74 Å². The van der Waals surface area contributed by atoms with Crippen LogP contribution in [0.3, 0.4) is 0 Å². The Morgan fingerprint density at radius 3 is 2.94 bits per heavy atom. The maximum Gasteiger partial charge on any atom is 0.165 e. The molecule has 18 heavy (non-hydrogen) atoms. The van der Waals surface area contributed by atoms with Crippen LogP contribution in [-0.4, -0.2) is 12.5 Å². The Kier molecular flexibility index (Phi) is 4.90. The summed E-state index contributed by atoms with van der Waals surface area (Å²) >= 11 is 5.54. The first-order valence-corrected chi connectivity index (χ1v) is 6.80. The van der Waals surface area contributed by atoms with Crippen molar-refractivity contribution < 1.29 is 9.13 Å². The summed E-state index contributed by atoms with van der Waals surface area (Å²) in [6, 6.07) is 4.71. The topological polar surface area (TPSA) is 9.23 Å². The van der Waals surface area contributed by atoms with Crippen molar-refractivity contribution in [1.29, 1.82) is 0 Å². The van der Waals surface area contributed by atoms with Gasteiger partial charge in [-0.3, -0.25) is 0 Å². The predicted molar refractivity (Wildman–Crippen MR) is 71.5 cm³/mol. The summed E-state index contributed by atoms with van der Waals surface area (Å²) in [5, 5.41) is 0. The predicted octanol–water partition coefficient (Wildman–Crippen LogP) is 3.99. The molecule has 0 amide bonds. The minimum Gasteiger partial charge on any atom is -0.490 e. The van der Waals surface area contributed by atoms with Crippen LogP contribution < -0.4 is 4.74 Å². The van der Waals surface area contributed by atoms with Crippen molar-refractivity contribution in [3.8, 4) is 17.6 Å². The Hall–Kier alpha value is -1.20. The molecule has 0 bridgehead atoms. The molecular weight excluding hydrogens is 251 g/mol. The Bertz CT molecular complexity index is 457. The Balaban J connectivity index is 1.94. The fraction of sp³-hybridized carbons (Fsp3) is 0.467.